The highest BCUT2D eigenvalue weighted by Gasteiger charge is 2.14. The highest BCUT2D eigenvalue weighted by Crippen LogP contribution is 2.07. The van der Waals surface area contributed by atoms with E-state index in [2.05, 4.69) is 10.3 Å². The van der Waals surface area contributed by atoms with Crippen LogP contribution >= 0.6 is 0 Å². The normalized spacial score (nSPS) is 10.0. The van der Waals surface area contributed by atoms with E-state index < -0.39 is 0 Å². The average Bonchev–Trinajstić information content (AvgIpc) is 2.26. The molecule has 0 aromatic carbocycles. The van der Waals surface area contributed by atoms with Crippen LogP contribution in [0, 0.1) is 13.8 Å². The van der Waals surface area contributed by atoms with Crippen LogP contribution in [0.15, 0.2) is 0 Å². The maximum absolute atomic E-state index is 11.3. The van der Waals surface area contributed by atoms with Crippen molar-refractivity contribution in [1.29, 1.82) is 0 Å². The van der Waals surface area contributed by atoms with Gasteiger partial charge in [0.15, 0.2) is 0 Å². The van der Waals surface area contributed by atoms with Crippen molar-refractivity contribution in [3.63, 3.8) is 0 Å². The molecule has 1 aromatic heterocycles. The molecule has 12 heavy (non-hydrogen) atoms. The molecule has 0 saturated carbocycles. The minimum Gasteiger partial charge on any atom is -0.354 e. The lowest BCUT2D eigenvalue weighted by Gasteiger charge is -2.01. The third-order valence-electron chi connectivity index (χ3n) is 1.94. The monoisotopic (exact) mass is 167 g/mol. The van der Waals surface area contributed by atoms with Gasteiger partial charge in [-0.05, 0) is 13.8 Å². The zero-order valence-electron chi connectivity index (χ0n) is 7.80. The Morgan fingerprint density at radius 2 is 2.08 bits per heavy atom. The van der Waals surface area contributed by atoms with Crippen molar-refractivity contribution < 1.29 is 4.79 Å². The van der Waals surface area contributed by atoms with E-state index in [4.69, 9.17) is 0 Å². The maximum atomic E-state index is 11.3. The average molecular weight is 167 g/mol. The molecule has 0 fully saturated rings. The Bertz CT molecular complexity index is 314. The molecule has 0 bridgehead atoms. The summed E-state index contributed by atoms with van der Waals surface area (Å²) in [6, 6.07) is 0. The van der Waals surface area contributed by atoms with Gasteiger partial charge in [-0.25, -0.2) is 4.98 Å². The summed E-state index contributed by atoms with van der Waals surface area (Å²) >= 11 is 0. The fourth-order valence-electron chi connectivity index (χ4n) is 1.21. The zero-order chi connectivity index (χ0) is 9.30. The van der Waals surface area contributed by atoms with Gasteiger partial charge in [-0.2, -0.15) is 0 Å². The van der Waals surface area contributed by atoms with E-state index in [1.54, 1.807) is 11.6 Å². The van der Waals surface area contributed by atoms with Gasteiger partial charge in [0.05, 0.1) is 5.69 Å². The van der Waals surface area contributed by atoms with Crippen LogP contribution in [-0.2, 0) is 7.05 Å². The molecule has 0 aliphatic rings. The quantitative estimate of drug-likeness (QED) is 0.658. The van der Waals surface area contributed by atoms with Crippen molar-refractivity contribution in [2.75, 3.05) is 7.05 Å². The minimum absolute atomic E-state index is 0.0874. The first-order valence-electron chi connectivity index (χ1n) is 3.80. The Balaban J connectivity index is 3.22. The highest BCUT2D eigenvalue weighted by atomic mass is 16.1. The lowest BCUT2D eigenvalue weighted by molar-refractivity contribution is 0.0954. The van der Waals surface area contributed by atoms with Crippen LogP contribution in [0.4, 0.5) is 0 Å². The lowest BCUT2D eigenvalue weighted by atomic mass is 10.3. The van der Waals surface area contributed by atoms with E-state index in [9.17, 15) is 4.79 Å². The highest BCUT2D eigenvalue weighted by molar-refractivity contribution is 5.93. The van der Waals surface area contributed by atoms with Crippen LogP contribution in [0.25, 0.3) is 0 Å². The number of imidazole rings is 1. The summed E-state index contributed by atoms with van der Waals surface area (Å²) in [6.45, 7) is 3.71. The molecule has 4 nitrogen and oxygen atoms in total. The summed E-state index contributed by atoms with van der Waals surface area (Å²) in [5, 5.41) is 2.58. The molecule has 4 heteroatoms. The maximum Gasteiger partial charge on any atom is 0.269 e. The third kappa shape index (κ3) is 1.20. The van der Waals surface area contributed by atoms with Crippen LogP contribution in [0.3, 0.4) is 0 Å². The van der Waals surface area contributed by atoms with E-state index in [0.717, 1.165) is 11.5 Å². The first-order chi connectivity index (χ1) is 5.57. The topological polar surface area (TPSA) is 46.9 Å². The number of hydrogen-bond donors (Lipinski definition) is 1. The minimum atomic E-state index is -0.0874. The first-order valence-corrected chi connectivity index (χ1v) is 3.80. The molecule has 0 saturated heterocycles. The van der Waals surface area contributed by atoms with Crippen LogP contribution in [-0.4, -0.2) is 22.5 Å². The van der Waals surface area contributed by atoms with Gasteiger partial charge in [0, 0.05) is 14.1 Å². The molecule has 0 radical (unpaired) electrons. The molecule has 1 amide bonds. The lowest BCUT2D eigenvalue weighted by Crippen LogP contribution is -2.21. The van der Waals surface area contributed by atoms with Gasteiger partial charge in [-0.3, -0.25) is 4.79 Å². The van der Waals surface area contributed by atoms with Crippen LogP contribution in [0.2, 0.25) is 0 Å². The number of amides is 1. The molecule has 0 unspecified atom stereocenters. The van der Waals surface area contributed by atoms with Gasteiger partial charge < -0.3 is 9.88 Å². The molecule has 0 aliphatic heterocycles. The van der Waals surface area contributed by atoms with Gasteiger partial charge in [-0.15, -0.1) is 0 Å². The van der Waals surface area contributed by atoms with E-state index in [-0.39, 0.29) is 5.91 Å². The molecular formula is C8H13N3O. The van der Waals surface area contributed by atoms with Crippen molar-refractivity contribution in [2.45, 2.75) is 13.8 Å². The standard InChI is InChI=1S/C8H13N3O/c1-5-7(8(12)9-3)11(4)6(2)10-5/h1-4H3,(H,9,12). The number of hydrogen-bond acceptors (Lipinski definition) is 2. The smallest absolute Gasteiger partial charge is 0.269 e. The molecule has 0 spiro atoms. The summed E-state index contributed by atoms with van der Waals surface area (Å²) < 4.78 is 1.79. The summed E-state index contributed by atoms with van der Waals surface area (Å²) in [5.74, 6) is 0.765. The second kappa shape index (κ2) is 2.97. The molecule has 66 valence electrons. The Labute approximate surface area is 71.6 Å². The number of aromatic nitrogens is 2. The summed E-state index contributed by atoms with van der Waals surface area (Å²) in [4.78, 5) is 15.5. The Hall–Kier alpha value is -1.32. The van der Waals surface area contributed by atoms with Gasteiger partial charge in [0.2, 0.25) is 0 Å². The molecule has 1 N–H and O–H groups in total. The molecular weight excluding hydrogens is 154 g/mol. The van der Waals surface area contributed by atoms with Gasteiger partial charge in [-0.1, -0.05) is 0 Å². The van der Waals surface area contributed by atoms with Gasteiger partial charge >= 0.3 is 0 Å². The number of carbonyl (C=O) groups excluding carboxylic acids is 1. The van der Waals surface area contributed by atoms with Crippen molar-refractivity contribution in [3.05, 3.63) is 17.2 Å². The third-order valence-corrected chi connectivity index (χ3v) is 1.94. The number of nitrogens with one attached hydrogen (secondary N) is 1. The van der Waals surface area contributed by atoms with Gasteiger partial charge in [0.25, 0.3) is 5.91 Å². The second-order valence-corrected chi connectivity index (χ2v) is 2.73. The summed E-state index contributed by atoms with van der Waals surface area (Å²) in [6.07, 6.45) is 0. The molecule has 0 atom stereocenters. The fourth-order valence-corrected chi connectivity index (χ4v) is 1.21. The molecule has 1 rings (SSSR count). The van der Waals surface area contributed by atoms with Crippen LogP contribution in [0.1, 0.15) is 22.0 Å². The molecule has 0 aliphatic carbocycles. The number of nitrogens with zero attached hydrogens (tertiary/aromatic N) is 2. The van der Waals surface area contributed by atoms with Crippen molar-refractivity contribution in [3.8, 4) is 0 Å². The number of carbonyl (C=O) groups is 1. The van der Waals surface area contributed by atoms with Crippen molar-refractivity contribution in [1.82, 2.24) is 14.9 Å². The van der Waals surface area contributed by atoms with Crippen molar-refractivity contribution in [2.24, 2.45) is 7.05 Å². The predicted molar refractivity (Wildman–Crippen MR) is 46.1 cm³/mol. The van der Waals surface area contributed by atoms with E-state index in [1.165, 1.54) is 0 Å². The molecule has 1 heterocycles. The number of rotatable bonds is 1. The van der Waals surface area contributed by atoms with E-state index in [0.29, 0.717) is 5.69 Å². The second-order valence-electron chi connectivity index (χ2n) is 2.73. The summed E-state index contributed by atoms with van der Waals surface area (Å²) in [7, 11) is 3.45. The SMILES string of the molecule is CNC(=O)c1c(C)nc(C)n1C. The van der Waals surface area contributed by atoms with E-state index >= 15 is 0 Å². The van der Waals surface area contributed by atoms with Crippen LogP contribution in [0.5, 0.6) is 0 Å². The molecule has 1 aromatic rings. The van der Waals surface area contributed by atoms with E-state index in [1.807, 2.05) is 20.9 Å². The van der Waals surface area contributed by atoms with Crippen LogP contribution < -0.4 is 5.32 Å². The largest absolute Gasteiger partial charge is 0.354 e. The Morgan fingerprint density at radius 3 is 2.42 bits per heavy atom. The number of aryl methyl sites for hydroxylation is 2. The van der Waals surface area contributed by atoms with Gasteiger partial charge in [0.1, 0.15) is 11.5 Å². The van der Waals surface area contributed by atoms with Crippen molar-refractivity contribution >= 4 is 5.91 Å². The first kappa shape index (κ1) is 8.77. The Morgan fingerprint density at radius 1 is 1.50 bits per heavy atom. The predicted octanol–water partition coefficient (Wildman–Crippen LogP) is 0.397. The summed E-state index contributed by atoms with van der Waals surface area (Å²) in [5.41, 5.74) is 1.41. The zero-order valence-corrected chi connectivity index (χ0v) is 7.80. The Kier molecular flexibility index (Phi) is 2.17. The fraction of sp³-hybridized carbons (Fsp3) is 0.500.